The highest BCUT2D eigenvalue weighted by molar-refractivity contribution is 7.89. The molecule has 0 spiro atoms. The molecule has 3 aromatic rings. The highest BCUT2D eigenvalue weighted by atomic mass is 32.2. The Morgan fingerprint density at radius 1 is 1.16 bits per heavy atom. The number of benzene rings is 2. The molecule has 32 heavy (non-hydrogen) atoms. The Morgan fingerprint density at radius 3 is 2.72 bits per heavy atom. The number of carbonyl (C=O) groups excluding carboxylic acids is 1. The van der Waals surface area contributed by atoms with Crippen LogP contribution in [-0.2, 0) is 14.8 Å². The minimum absolute atomic E-state index is 0.0457. The third-order valence-corrected chi connectivity index (χ3v) is 7.78. The lowest BCUT2D eigenvalue weighted by atomic mass is 10.2. The average molecular weight is 459 g/mol. The summed E-state index contributed by atoms with van der Waals surface area (Å²) in [6, 6.07) is 8.65. The lowest BCUT2D eigenvalue weighted by molar-refractivity contribution is 0.102. The van der Waals surface area contributed by atoms with Crippen molar-refractivity contribution in [3.63, 3.8) is 0 Å². The molecule has 2 aromatic carbocycles. The molecule has 0 radical (unpaired) electrons. The smallest absolute Gasteiger partial charge is 0.255 e. The molecule has 1 atom stereocenters. The summed E-state index contributed by atoms with van der Waals surface area (Å²) in [5.41, 5.74) is 2.09. The number of hydrogen-bond donors (Lipinski definition) is 2. The quantitative estimate of drug-likeness (QED) is 0.608. The fourth-order valence-corrected chi connectivity index (χ4v) is 5.77. The van der Waals surface area contributed by atoms with Gasteiger partial charge < -0.3 is 15.0 Å². The Hall–Kier alpha value is -2.82. The number of aromatic nitrogens is 2. The number of nitrogens with zero attached hydrogens (tertiary/aromatic N) is 2. The number of nitrogens with one attached hydrogen (secondary N) is 2. The fraction of sp³-hybridized carbons (Fsp3) is 0.364. The zero-order valence-electron chi connectivity index (χ0n) is 17.3. The van der Waals surface area contributed by atoms with E-state index in [0.717, 1.165) is 61.3 Å². The van der Waals surface area contributed by atoms with Crippen molar-refractivity contribution in [2.75, 3.05) is 25.0 Å². The molecule has 5 rings (SSSR count). The van der Waals surface area contributed by atoms with Crippen LogP contribution < -0.4 is 5.32 Å². The molecule has 1 unspecified atom stereocenters. The summed E-state index contributed by atoms with van der Waals surface area (Å²) in [4.78, 5) is 20.1. The van der Waals surface area contributed by atoms with Gasteiger partial charge in [-0.1, -0.05) is 0 Å². The van der Waals surface area contributed by atoms with Gasteiger partial charge >= 0.3 is 0 Å². The number of sulfonamides is 1. The third-order valence-electron chi connectivity index (χ3n) is 5.87. The van der Waals surface area contributed by atoms with Gasteiger partial charge in [0.05, 0.1) is 11.0 Å². The van der Waals surface area contributed by atoms with Crippen molar-refractivity contribution < 1.29 is 22.3 Å². The second kappa shape index (κ2) is 8.27. The SMILES string of the molecule is O=C(Nc1ccc2nc(C3CCCO3)[nH]c2c1)c1ccc(F)c(S(=O)(=O)N2CCCC2)c1. The van der Waals surface area contributed by atoms with E-state index >= 15 is 0 Å². The lowest BCUT2D eigenvalue weighted by Gasteiger charge is -2.16. The molecule has 2 aliphatic rings. The standard InChI is InChI=1S/C22H23FN4O4S/c23-16-7-5-14(12-20(16)32(29,30)27-9-1-2-10-27)22(28)24-15-6-8-17-18(13-15)26-21(25-17)19-4-3-11-31-19/h5-8,12-13,19H,1-4,9-11H2,(H,24,28)(H,25,26). The number of carbonyl (C=O) groups is 1. The number of amides is 1. The van der Waals surface area contributed by atoms with Crippen LogP contribution in [0.15, 0.2) is 41.3 Å². The van der Waals surface area contributed by atoms with Gasteiger partial charge in [0.1, 0.15) is 22.6 Å². The van der Waals surface area contributed by atoms with E-state index in [1.54, 1.807) is 18.2 Å². The van der Waals surface area contributed by atoms with E-state index in [0.29, 0.717) is 18.8 Å². The first-order chi connectivity index (χ1) is 15.4. The van der Waals surface area contributed by atoms with Gasteiger partial charge in [-0.3, -0.25) is 4.79 Å². The number of H-pyrrole nitrogens is 1. The van der Waals surface area contributed by atoms with Crippen LogP contribution in [0.1, 0.15) is 48.0 Å². The number of halogens is 1. The van der Waals surface area contributed by atoms with E-state index in [-0.39, 0.29) is 11.7 Å². The van der Waals surface area contributed by atoms with E-state index in [1.807, 2.05) is 0 Å². The largest absolute Gasteiger partial charge is 0.370 e. The molecule has 0 aliphatic carbocycles. The molecule has 8 nitrogen and oxygen atoms in total. The highest BCUT2D eigenvalue weighted by Crippen LogP contribution is 2.29. The second-order valence-electron chi connectivity index (χ2n) is 8.07. The summed E-state index contributed by atoms with van der Waals surface area (Å²) in [6.07, 6.45) is 3.35. The first-order valence-electron chi connectivity index (χ1n) is 10.6. The van der Waals surface area contributed by atoms with Crippen molar-refractivity contribution in [2.45, 2.75) is 36.7 Å². The summed E-state index contributed by atoms with van der Waals surface area (Å²) in [5, 5.41) is 2.75. The zero-order valence-corrected chi connectivity index (χ0v) is 18.1. The maximum atomic E-state index is 14.4. The summed E-state index contributed by atoms with van der Waals surface area (Å²) < 4.78 is 46.8. The van der Waals surface area contributed by atoms with E-state index in [2.05, 4.69) is 15.3 Å². The molecular weight excluding hydrogens is 435 g/mol. The molecular formula is C22H23FN4O4S. The summed E-state index contributed by atoms with van der Waals surface area (Å²) >= 11 is 0. The molecule has 1 aromatic heterocycles. The maximum Gasteiger partial charge on any atom is 0.255 e. The van der Waals surface area contributed by atoms with Crippen LogP contribution in [0.4, 0.5) is 10.1 Å². The monoisotopic (exact) mass is 458 g/mol. The van der Waals surface area contributed by atoms with Crippen LogP contribution in [-0.4, -0.2) is 48.3 Å². The predicted octanol–water partition coefficient (Wildman–Crippen LogP) is 3.59. The molecule has 2 fully saturated rings. The minimum atomic E-state index is -3.98. The van der Waals surface area contributed by atoms with E-state index in [4.69, 9.17) is 4.74 Å². The first-order valence-corrected chi connectivity index (χ1v) is 12.1. The molecule has 1 amide bonds. The van der Waals surface area contributed by atoms with E-state index < -0.39 is 26.6 Å². The van der Waals surface area contributed by atoms with Crippen LogP contribution in [0.2, 0.25) is 0 Å². The molecule has 168 valence electrons. The number of fused-ring (bicyclic) bond motifs is 1. The van der Waals surface area contributed by atoms with Gasteiger partial charge in [0.2, 0.25) is 10.0 Å². The number of imidazole rings is 1. The van der Waals surface area contributed by atoms with Gasteiger partial charge in [0.15, 0.2) is 0 Å². The molecule has 0 saturated carbocycles. The summed E-state index contributed by atoms with van der Waals surface area (Å²) in [6.45, 7) is 1.43. The number of rotatable bonds is 5. The van der Waals surface area contributed by atoms with Crippen molar-refractivity contribution in [1.29, 1.82) is 0 Å². The molecule has 2 N–H and O–H groups in total. The Labute approximate surface area is 184 Å². The van der Waals surface area contributed by atoms with Crippen molar-refractivity contribution in [2.24, 2.45) is 0 Å². The lowest BCUT2D eigenvalue weighted by Crippen LogP contribution is -2.29. The van der Waals surface area contributed by atoms with Crippen molar-refractivity contribution in [3.05, 3.63) is 53.6 Å². The molecule has 0 bridgehead atoms. The van der Waals surface area contributed by atoms with Crippen LogP contribution in [0, 0.1) is 5.82 Å². The summed E-state index contributed by atoms with van der Waals surface area (Å²) in [5.74, 6) is -0.633. The maximum absolute atomic E-state index is 14.4. The Kier molecular flexibility index (Phi) is 5.44. The van der Waals surface area contributed by atoms with Crippen LogP contribution in [0.5, 0.6) is 0 Å². The first kappa shape index (κ1) is 21.0. The van der Waals surface area contributed by atoms with Gasteiger partial charge in [0.25, 0.3) is 5.91 Å². The van der Waals surface area contributed by atoms with Gasteiger partial charge in [-0.25, -0.2) is 17.8 Å². The van der Waals surface area contributed by atoms with Gasteiger partial charge in [-0.15, -0.1) is 0 Å². The third kappa shape index (κ3) is 3.89. The molecule has 3 heterocycles. The van der Waals surface area contributed by atoms with Crippen molar-refractivity contribution in [1.82, 2.24) is 14.3 Å². The minimum Gasteiger partial charge on any atom is -0.370 e. The number of hydrogen-bond acceptors (Lipinski definition) is 5. The molecule has 2 aliphatic heterocycles. The van der Waals surface area contributed by atoms with Crippen LogP contribution >= 0.6 is 0 Å². The topological polar surface area (TPSA) is 104 Å². The average Bonchev–Trinajstić information content (AvgIpc) is 3.55. The number of ether oxygens (including phenoxy) is 1. The Morgan fingerprint density at radius 2 is 1.97 bits per heavy atom. The second-order valence-corrected chi connectivity index (χ2v) is 9.97. The van der Waals surface area contributed by atoms with E-state index in [9.17, 15) is 17.6 Å². The summed E-state index contributed by atoms with van der Waals surface area (Å²) in [7, 11) is -3.98. The van der Waals surface area contributed by atoms with Crippen LogP contribution in [0.25, 0.3) is 11.0 Å². The zero-order chi connectivity index (χ0) is 22.3. The van der Waals surface area contributed by atoms with Crippen LogP contribution in [0.3, 0.4) is 0 Å². The fourth-order valence-electron chi connectivity index (χ4n) is 4.17. The number of aromatic amines is 1. The van der Waals surface area contributed by atoms with E-state index in [1.165, 1.54) is 10.4 Å². The Bertz CT molecular complexity index is 1280. The van der Waals surface area contributed by atoms with Gasteiger partial charge in [0, 0.05) is 30.9 Å². The highest BCUT2D eigenvalue weighted by Gasteiger charge is 2.30. The Balaban J connectivity index is 1.38. The van der Waals surface area contributed by atoms with Crippen molar-refractivity contribution >= 4 is 32.7 Å². The van der Waals surface area contributed by atoms with Gasteiger partial charge in [-0.05, 0) is 62.1 Å². The number of anilines is 1. The van der Waals surface area contributed by atoms with Gasteiger partial charge in [-0.2, -0.15) is 4.31 Å². The normalized spacial score (nSPS) is 19.6. The van der Waals surface area contributed by atoms with Crippen molar-refractivity contribution in [3.8, 4) is 0 Å². The molecule has 10 heteroatoms. The predicted molar refractivity (Wildman–Crippen MR) is 116 cm³/mol. The molecule has 2 saturated heterocycles.